The molecule has 8 aromatic rings. The number of hydrogen-bond acceptors (Lipinski definition) is 1. The zero-order valence-corrected chi connectivity index (χ0v) is 26.3. The van der Waals surface area contributed by atoms with Crippen molar-refractivity contribution in [2.24, 2.45) is 5.73 Å². The van der Waals surface area contributed by atoms with E-state index in [1.165, 1.54) is 60.6 Å². The van der Waals surface area contributed by atoms with Crippen LogP contribution in [0, 0.1) is 6.92 Å². The molecule has 2 aromatic heterocycles. The van der Waals surface area contributed by atoms with Crippen LogP contribution in [0.2, 0.25) is 0 Å². The molecule has 0 fully saturated rings. The first kappa shape index (κ1) is 28.4. The molecule has 3 heteroatoms. The van der Waals surface area contributed by atoms with Crippen LogP contribution in [-0.4, -0.2) is 9.55 Å². The second-order valence-corrected chi connectivity index (χ2v) is 12.2. The van der Waals surface area contributed by atoms with Gasteiger partial charge in [-0.3, -0.25) is 0 Å². The van der Waals surface area contributed by atoms with E-state index in [0.717, 1.165) is 28.8 Å². The van der Waals surface area contributed by atoms with Gasteiger partial charge in [-0.2, -0.15) is 0 Å². The van der Waals surface area contributed by atoms with Crippen LogP contribution in [0.3, 0.4) is 0 Å². The first-order valence-corrected chi connectivity index (χ1v) is 16.1. The van der Waals surface area contributed by atoms with E-state index in [-0.39, 0.29) is 0 Å². The highest BCUT2D eigenvalue weighted by atomic mass is 15.0. The summed E-state index contributed by atoms with van der Waals surface area (Å²) in [5.74, 6) is 0. The van der Waals surface area contributed by atoms with Gasteiger partial charge in [-0.1, -0.05) is 115 Å². The molecule has 0 aliphatic heterocycles. The molecule has 0 aliphatic rings. The maximum atomic E-state index is 6.21. The average molecular weight is 606 g/mol. The summed E-state index contributed by atoms with van der Waals surface area (Å²) in [6.45, 7) is 2.08. The molecule has 0 radical (unpaired) electrons. The predicted molar refractivity (Wildman–Crippen MR) is 200 cm³/mol. The van der Waals surface area contributed by atoms with Crippen molar-refractivity contribution in [2.45, 2.75) is 13.3 Å². The summed E-state index contributed by atoms with van der Waals surface area (Å²) in [6.07, 6.45) is 8.92. The Hall–Kier alpha value is -6.06. The van der Waals surface area contributed by atoms with E-state index < -0.39 is 0 Å². The minimum Gasteiger partial charge on any atom is -0.404 e. The van der Waals surface area contributed by atoms with Crippen LogP contribution in [0.5, 0.6) is 0 Å². The Kier molecular flexibility index (Phi) is 7.28. The Labute approximate surface area is 274 Å². The van der Waals surface area contributed by atoms with Crippen molar-refractivity contribution in [2.75, 3.05) is 0 Å². The van der Waals surface area contributed by atoms with Gasteiger partial charge in [0.2, 0.25) is 0 Å². The van der Waals surface area contributed by atoms with Gasteiger partial charge in [0.05, 0.1) is 11.0 Å². The van der Waals surface area contributed by atoms with Gasteiger partial charge < -0.3 is 15.3 Å². The van der Waals surface area contributed by atoms with E-state index in [2.05, 4.69) is 174 Å². The largest absolute Gasteiger partial charge is 0.404 e. The number of H-pyrrole nitrogens is 1. The number of allylic oxidation sites excluding steroid dienone is 3. The number of fused-ring (bicyclic) bond motifs is 5. The van der Waals surface area contributed by atoms with Gasteiger partial charge in [0.15, 0.2) is 0 Å². The highest BCUT2D eigenvalue weighted by Gasteiger charge is 2.16. The first-order chi connectivity index (χ1) is 23.2. The molecule has 0 saturated heterocycles. The van der Waals surface area contributed by atoms with Crippen molar-refractivity contribution >= 4 is 38.2 Å². The second kappa shape index (κ2) is 12.0. The maximum Gasteiger partial charge on any atom is 0.0619 e. The van der Waals surface area contributed by atoms with Crippen LogP contribution >= 0.6 is 0 Å². The fraction of sp³-hybridized carbons (Fsp3) is 0.0455. The average Bonchev–Trinajstić information content (AvgIpc) is 3.70. The lowest BCUT2D eigenvalue weighted by Gasteiger charge is -2.12. The van der Waals surface area contributed by atoms with Crippen molar-refractivity contribution < 1.29 is 0 Å². The van der Waals surface area contributed by atoms with Gasteiger partial charge in [-0.15, -0.1) is 0 Å². The summed E-state index contributed by atoms with van der Waals surface area (Å²) in [5.41, 5.74) is 19.1. The SMILES string of the molecule is Cc1cc(C/C=C\C(=C/N)c2ccc3c4ccc5cc(-c6cccc(-c7ccccc7)c6)ccc5c4n(-c4ccccc4)c3c2)c[nH]1. The van der Waals surface area contributed by atoms with Crippen LogP contribution in [0.4, 0.5) is 0 Å². The Morgan fingerprint density at radius 3 is 2.13 bits per heavy atom. The monoisotopic (exact) mass is 605 g/mol. The maximum absolute atomic E-state index is 6.21. The molecule has 0 saturated carbocycles. The summed E-state index contributed by atoms with van der Waals surface area (Å²) in [7, 11) is 0. The number of rotatable bonds is 7. The lowest BCUT2D eigenvalue weighted by molar-refractivity contribution is 1.19. The fourth-order valence-corrected chi connectivity index (χ4v) is 6.81. The van der Waals surface area contributed by atoms with Crippen LogP contribution in [0.25, 0.3) is 66.1 Å². The summed E-state index contributed by atoms with van der Waals surface area (Å²) in [5, 5.41) is 4.89. The van der Waals surface area contributed by atoms with Crippen molar-refractivity contribution in [3.05, 3.63) is 181 Å². The number of aromatic amines is 1. The Balaban J connectivity index is 1.26. The van der Waals surface area contributed by atoms with Gasteiger partial charge in [0.25, 0.3) is 0 Å². The third kappa shape index (κ3) is 5.32. The highest BCUT2D eigenvalue weighted by molar-refractivity contribution is 6.19. The molecule has 0 unspecified atom stereocenters. The van der Waals surface area contributed by atoms with Gasteiger partial charge in [-0.25, -0.2) is 0 Å². The molecule has 3 nitrogen and oxygen atoms in total. The van der Waals surface area contributed by atoms with E-state index in [4.69, 9.17) is 5.73 Å². The summed E-state index contributed by atoms with van der Waals surface area (Å²) in [6, 6.07) is 50.4. The molecule has 8 rings (SSSR count). The zero-order valence-electron chi connectivity index (χ0n) is 26.3. The fourth-order valence-electron chi connectivity index (χ4n) is 6.81. The Bertz CT molecular complexity index is 2440. The second-order valence-electron chi connectivity index (χ2n) is 12.2. The molecule has 0 bridgehead atoms. The van der Waals surface area contributed by atoms with E-state index in [1.807, 2.05) is 0 Å². The number of nitrogens with two attached hydrogens (primary N) is 1. The number of aryl methyl sites for hydroxylation is 1. The molecule has 0 amide bonds. The van der Waals surface area contributed by atoms with Crippen molar-refractivity contribution in [3.8, 4) is 27.9 Å². The third-order valence-electron chi connectivity index (χ3n) is 9.11. The molecule has 226 valence electrons. The number of hydrogen-bond donors (Lipinski definition) is 2. The van der Waals surface area contributed by atoms with Gasteiger partial charge in [-0.05, 0) is 94.1 Å². The third-order valence-corrected chi connectivity index (χ3v) is 9.11. The van der Waals surface area contributed by atoms with Crippen LogP contribution in [0.15, 0.2) is 164 Å². The first-order valence-electron chi connectivity index (χ1n) is 16.1. The number of benzene rings is 6. The molecule has 47 heavy (non-hydrogen) atoms. The highest BCUT2D eigenvalue weighted by Crippen LogP contribution is 2.39. The van der Waals surface area contributed by atoms with E-state index in [0.29, 0.717) is 0 Å². The number of nitrogens with zero attached hydrogens (tertiary/aromatic N) is 1. The minimum atomic E-state index is 0.846. The number of nitrogens with one attached hydrogen (secondary N) is 1. The van der Waals surface area contributed by atoms with Gasteiger partial charge in [0, 0.05) is 39.9 Å². The standard InChI is InChI=1S/C44H35N3/c1-30-24-31(29-46-30)10-8-15-38(28-45)36-19-22-41-42-23-20-37-26-35(34-14-9-13-33(25-34)32-11-4-2-5-12-32)18-21-40(37)44(42)47(43(41)27-36)39-16-6-3-7-17-39/h2-9,11-29,46H,10,45H2,1H3/b15-8-,38-28+. The summed E-state index contributed by atoms with van der Waals surface area (Å²) in [4.78, 5) is 3.26. The van der Waals surface area contributed by atoms with Crippen molar-refractivity contribution in [1.82, 2.24) is 9.55 Å². The predicted octanol–water partition coefficient (Wildman–Crippen LogP) is 11.0. The quantitative estimate of drug-likeness (QED) is 0.174. The van der Waals surface area contributed by atoms with Crippen molar-refractivity contribution in [1.29, 1.82) is 0 Å². The smallest absolute Gasteiger partial charge is 0.0619 e. The summed E-state index contributed by atoms with van der Waals surface area (Å²) < 4.78 is 2.41. The van der Waals surface area contributed by atoms with E-state index in [1.54, 1.807) is 6.20 Å². The Morgan fingerprint density at radius 2 is 1.36 bits per heavy atom. The Morgan fingerprint density at radius 1 is 0.660 bits per heavy atom. The van der Waals surface area contributed by atoms with Crippen LogP contribution in [0.1, 0.15) is 16.8 Å². The van der Waals surface area contributed by atoms with Crippen LogP contribution in [-0.2, 0) is 6.42 Å². The van der Waals surface area contributed by atoms with E-state index in [9.17, 15) is 0 Å². The van der Waals surface area contributed by atoms with Crippen molar-refractivity contribution in [3.63, 3.8) is 0 Å². The molecular weight excluding hydrogens is 571 g/mol. The molecule has 0 spiro atoms. The summed E-state index contributed by atoms with van der Waals surface area (Å²) >= 11 is 0. The molecule has 2 heterocycles. The lowest BCUT2D eigenvalue weighted by atomic mass is 9.96. The zero-order chi connectivity index (χ0) is 31.7. The van der Waals surface area contributed by atoms with Crippen LogP contribution < -0.4 is 5.73 Å². The molecule has 6 aromatic carbocycles. The molecule has 0 aliphatic carbocycles. The molecule has 3 N–H and O–H groups in total. The number of aromatic nitrogens is 2. The topological polar surface area (TPSA) is 46.7 Å². The van der Waals surface area contributed by atoms with E-state index >= 15 is 0 Å². The number of para-hydroxylation sites is 1. The molecular formula is C44H35N3. The minimum absolute atomic E-state index is 0.846. The van der Waals surface area contributed by atoms with Gasteiger partial charge >= 0.3 is 0 Å². The molecule has 0 atom stereocenters. The lowest BCUT2D eigenvalue weighted by Crippen LogP contribution is -1.95. The normalized spacial score (nSPS) is 12.1. The van der Waals surface area contributed by atoms with Gasteiger partial charge in [0.1, 0.15) is 0 Å².